The van der Waals surface area contributed by atoms with Crippen molar-refractivity contribution in [1.29, 1.82) is 0 Å². The Morgan fingerprint density at radius 3 is 2.26 bits per heavy atom. The molecule has 3 aromatic rings. The van der Waals surface area contributed by atoms with E-state index >= 15 is 0 Å². The molecule has 0 aliphatic rings. The standard InChI is InChI=1S/C23H24N4O4/c1-29-19-7-5-18(6-8-19)26-23(25-15-16-10-12-24-13-11-16)27-22(28)17-4-9-20(30-2)21(14-17)31-3/h4-14H,15H2,1-3H3,(H2,25,26,27,28). The lowest BCUT2D eigenvalue weighted by Crippen LogP contribution is -2.36. The molecule has 0 aliphatic heterocycles. The molecule has 1 amide bonds. The number of ether oxygens (including phenoxy) is 3. The van der Waals surface area contributed by atoms with Crippen LogP contribution in [0.15, 0.2) is 72.0 Å². The van der Waals surface area contributed by atoms with Crippen molar-refractivity contribution < 1.29 is 19.0 Å². The maximum Gasteiger partial charge on any atom is 0.258 e. The van der Waals surface area contributed by atoms with Crippen molar-refractivity contribution >= 4 is 17.6 Å². The van der Waals surface area contributed by atoms with E-state index < -0.39 is 0 Å². The van der Waals surface area contributed by atoms with Gasteiger partial charge < -0.3 is 19.5 Å². The van der Waals surface area contributed by atoms with Gasteiger partial charge in [-0.15, -0.1) is 0 Å². The summed E-state index contributed by atoms with van der Waals surface area (Å²) in [5.41, 5.74) is 2.12. The fourth-order valence-corrected chi connectivity index (χ4v) is 2.74. The number of aromatic nitrogens is 1. The number of nitrogens with one attached hydrogen (secondary N) is 2. The first-order chi connectivity index (χ1) is 15.1. The van der Waals surface area contributed by atoms with Gasteiger partial charge in [0.2, 0.25) is 5.96 Å². The Hall–Kier alpha value is -4.07. The van der Waals surface area contributed by atoms with Crippen LogP contribution in [-0.2, 0) is 6.54 Å². The largest absolute Gasteiger partial charge is 0.497 e. The zero-order valence-electron chi connectivity index (χ0n) is 17.6. The monoisotopic (exact) mass is 420 g/mol. The number of guanidine groups is 1. The summed E-state index contributed by atoms with van der Waals surface area (Å²) in [5.74, 6) is 1.71. The number of aliphatic imine (C=N–C) groups is 1. The first kappa shape index (κ1) is 21.6. The van der Waals surface area contributed by atoms with E-state index in [2.05, 4.69) is 20.6 Å². The molecule has 8 nitrogen and oxygen atoms in total. The third-order valence-corrected chi connectivity index (χ3v) is 4.40. The van der Waals surface area contributed by atoms with Crippen LogP contribution in [0.3, 0.4) is 0 Å². The van der Waals surface area contributed by atoms with Gasteiger partial charge in [0.1, 0.15) is 5.75 Å². The van der Waals surface area contributed by atoms with Crippen LogP contribution in [-0.4, -0.2) is 38.2 Å². The van der Waals surface area contributed by atoms with E-state index in [1.807, 2.05) is 36.4 Å². The van der Waals surface area contributed by atoms with Gasteiger partial charge in [-0.1, -0.05) is 0 Å². The Kier molecular flexibility index (Phi) is 7.42. The number of anilines is 1. The van der Waals surface area contributed by atoms with Crippen LogP contribution in [0.5, 0.6) is 17.2 Å². The second-order valence-corrected chi connectivity index (χ2v) is 6.40. The average molecular weight is 420 g/mol. The van der Waals surface area contributed by atoms with E-state index in [9.17, 15) is 4.79 Å². The van der Waals surface area contributed by atoms with Crippen LogP contribution >= 0.6 is 0 Å². The lowest BCUT2D eigenvalue weighted by molar-refractivity contribution is 0.0976. The van der Waals surface area contributed by atoms with Gasteiger partial charge >= 0.3 is 0 Å². The molecule has 1 heterocycles. The number of hydrogen-bond donors (Lipinski definition) is 2. The zero-order valence-corrected chi connectivity index (χ0v) is 17.6. The highest BCUT2D eigenvalue weighted by Gasteiger charge is 2.13. The molecular weight excluding hydrogens is 396 g/mol. The molecule has 0 saturated heterocycles. The molecule has 1 aromatic heterocycles. The Morgan fingerprint density at radius 2 is 1.61 bits per heavy atom. The van der Waals surface area contributed by atoms with Crippen molar-refractivity contribution in [2.24, 2.45) is 4.99 Å². The lowest BCUT2D eigenvalue weighted by Gasteiger charge is -2.13. The molecule has 0 spiro atoms. The molecule has 0 fully saturated rings. The SMILES string of the molecule is COc1ccc(NC(=NCc2ccncc2)NC(=O)c2ccc(OC)c(OC)c2)cc1. The van der Waals surface area contributed by atoms with Gasteiger partial charge in [0, 0.05) is 23.6 Å². The Balaban J connectivity index is 1.81. The zero-order chi connectivity index (χ0) is 22.1. The van der Waals surface area contributed by atoms with Crippen LogP contribution in [0.2, 0.25) is 0 Å². The van der Waals surface area contributed by atoms with Crippen molar-refractivity contribution in [1.82, 2.24) is 10.3 Å². The molecule has 3 rings (SSSR count). The molecular formula is C23H24N4O4. The van der Waals surface area contributed by atoms with Gasteiger partial charge in [-0.25, -0.2) is 4.99 Å². The number of carbonyl (C=O) groups excluding carboxylic acids is 1. The number of hydrogen-bond acceptors (Lipinski definition) is 6. The molecule has 0 aliphatic carbocycles. The number of nitrogens with zero attached hydrogens (tertiary/aromatic N) is 2. The highest BCUT2D eigenvalue weighted by Crippen LogP contribution is 2.27. The Bertz CT molecular complexity index is 1040. The van der Waals surface area contributed by atoms with Crippen LogP contribution in [0.1, 0.15) is 15.9 Å². The van der Waals surface area contributed by atoms with E-state index in [1.165, 1.54) is 7.11 Å². The number of carbonyl (C=O) groups is 1. The lowest BCUT2D eigenvalue weighted by atomic mass is 10.2. The summed E-state index contributed by atoms with van der Waals surface area (Å²) in [7, 11) is 4.67. The van der Waals surface area contributed by atoms with Gasteiger partial charge in [-0.3, -0.25) is 15.1 Å². The Morgan fingerprint density at radius 1 is 0.903 bits per heavy atom. The fourth-order valence-electron chi connectivity index (χ4n) is 2.74. The minimum absolute atomic E-state index is 0.307. The minimum Gasteiger partial charge on any atom is -0.497 e. The molecule has 2 aromatic carbocycles. The van der Waals surface area contributed by atoms with Crippen LogP contribution in [0.4, 0.5) is 5.69 Å². The molecule has 31 heavy (non-hydrogen) atoms. The van der Waals surface area contributed by atoms with E-state index in [4.69, 9.17) is 14.2 Å². The normalized spacial score (nSPS) is 10.9. The molecule has 0 saturated carbocycles. The van der Waals surface area contributed by atoms with Gasteiger partial charge in [-0.05, 0) is 60.2 Å². The summed E-state index contributed by atoms with van der Waals surface area (Å²) in [6.45, 7) is 0.368. The summed E-state index contributed by atoms with van der Waals surface area (Å²) in [4.78, 5) is 21.4. The number of pyridine rings is 1. The topological polar surface area (TPSA) is 94.1 Å². The summed E-state index contributed by atoms with van der Waals surface area (Å²) in [6, 6.07) is 16.0. The second-order valence-electron chi connectivity index (χ2n) is 6.40. The third-order valence-electron chi connectivity index (χ3n) is 4.40. The maximum atomic E-state index is 12.9. The first-order valence-corrected chi connectivity index (χ1v) is 9.50. The number of benzene rings is 2. The second kappa shape index (κ2) is 10.6. The van der Waals surface area contributed by atoms with Crippen LogP contribution in [0.25, 0.3) is 0 Å². The van der Waals surface area contributed by atoms with E-state index in [0.29, 0.717) is 29.6 Å². The number of amides is 1. The van der Waals surface area contributed by atoms with Gasteiger partial charge in [0.05, 0.1) is 27.9 Å². The maximum absolute atomic E-state index is 12.9. The van der Waals surface area contributed by atoms with Crippen molar-refractivity contribution in [3.8, 4) is 17.2 Å². The summed E-state index contributed by atoms with van der Waals surface area (Å²) in [6.07, 6.45) is 3.40. The quantitative estimate of drug-likeness (QED) is 0.449. The van der Waals surface area contributed by atoms with Gasteiger partial charge in [0.15, 0.2) is 11.5 Å². The molecule has 0 bridgehead atoms. The van der Waals surface area contributed by atoms with E-state index in [1.54, 1.807) is 44.8 Å². The van der Waals surface area contributed by atoms with Crippen molar-refractivity contribution in [3.63, 3.8) is 0 Å². The predicted octanol–water partition coefficient (Wildman–Crippen LogP) is 3.51. The third kappa shape index (κ3) is 5.96. The van der Waals surface area contributed by atoms with Crippen molar-refractivity contribution in [3.05, 3.63) is 78.1 Å². The summed E-state index contributed by atoms with van der Waals surface area (Å²) >= 11 is 0. The molecule has 2 N–H and O–H groups in total. The van der Waals surface area contributed by atoms with Gasteiger partial charge in [0.25, 0.3) is 5.91 Å². The Labute approximate surface area is 180 Å². The fraction of sp³-hybridized carbons (Fsp3) is 0.174. The number of rotatable bonds is 7. The molecule has 0 radical (unpaired) electrons. The smallest absolute Gasteiger partial charge is 0.258 e. The summed E-state index contributed by atoms with van der Waals surface area (Å²) < 4.78 is 15.7. The van der Waals surface area contributed by atoms with Crippen molar-refractivity contribution in [2.45, 2.75) is 6.54 Å². The van der Waals surface area contributed by atoms with Crippen molar-refractivity contribution in [2.75, 3.05) is 26.6 Å². The first-order valence-electron chi connectivity index (χ1n) is 9.50. The molecule has 160 valence electrons. The van der Waals surface area contributed by atoms with Gasteiger partial charge in [-0.2, -0.15) is 0 Å². The summed E-state index contributed by atoms with van der Waals surface area (Å²) in [5, 5.41) is 5.97. The number of methoxy groups -OCH3 is 3. The highest BCUT2D eigenvalue weighted by molar-refractivity contribution is 6.10. The van der Waals surface area contributed by atoms with Crippen LogP contribution < -0.4 is 24.8 Å². The predicted molar refractivity (Wildman–Crippen MR) is 119 cm³/mol. The van der Waals surface area contributed by atoms with E-state index in [-0.39, 0.29) is 5.91 Å². The van der Waals surface area contributed by atoms with E-state index in [0.717, 1.165) is 17.0 Å². The molecule has 0 atom stereocenters. The molecule has 8 heteroatoms. The van der Waals surface area contributed by atoms with Crippen LogP contribution in [0, 0.1) is 0 Å². The average Bonchev–Trinajstić information content (AvgIpc) is 2.83. The highest BCUT2D eigenvalue weighted by atomic mass is 16.5. The minimum atomic E-state index is -0.338. The molecule has 0 unspecified atom stereocenters.